The van der Waals surface area contributed by atoms with Gasteiger partial charge in [0.05, 0.1) is 0 Å². The van der Waals surface area contributed by atoms with Crippen molar-refractivity contribution in [3.05, 3.63) is 34.9 Å². The number of amides is 1. The molecular formula is C15H20ClNO. The van der Waals surface area contributed by atoms with Crippen LogP contribution in [0.3, 0.4) is 0 Å². The average Bonchev–Trinajstić information content (AvgIpc) is 2.37. The molecule has 2 nitrogen and oxygen atoms in total. The number of halogens is 1. The lowest BCUT2D eigenvalue weighted by molar-refractivity contribution is -0.123. The minimum Gasteiger partial charge on any atom is -0.353 e. The number of hydrogen-bond acceptors (Lipinski definition) is 1. The number of carbonyl (C=O) groups is 1. The van der Waals surface area contributed by atoms with E-state index in [-0.39, 0.29) is 5.91 Å². The predicted octanol–water partition coefficient (Wildman–Crippen LogP) is 3.43. The molecule has 2 rings (SSSR count). The number of aryl methyl sites for hydroxylation is 1. The third-order valence-corrected chi connectivity index (χ3v) is 4.31. The van der Waals surface area contributed by atoms with Crippen LogP contribution in [0.4, 0.5) is 0 Å². The zero-order valence-corrected chi connectivity index (χ0v) is 11.7. The second-order valence-corrected chi connectivity index (χ2v) is 5.81. The molecular weight excluding hydrogens is 246 g/mol. The third kappa shape index (κ3) is 3.26. The topological polar surface area (TPSA) is 29.1 Å². The summed E-state index contributed by atoms with van der Waals surface area (Å²) in [5.41, 5.74) is 1.16. The van der Waals surface area contributed by atoms with Crippen molar-refractivity contribution >= 4 is 17.5 Å². The van der Waals surface area contributed by atoms with E-state index in [1.807, 2.05) is 24.3 Å². The molecule has 1 aromatic rings. The molecule has 18 heavy (non-hydrogen) atoms. The van der Waals surface area contributed by atoms with Crippen molar-refractivity contribution in [3.63, 3.8) is 0 Å². The van der Waals surface area contributed by atoms with Crippen molar-refractivity contribution in [2.24, 2.45) is 11.8 Å². The first-order valence-corrected chi connectivity index (χ1v) is 6.98. The molecule has 1 fully saturated rings. The van der Waals surface area contributed by atoms with Crippen molar-refractivity contribution < 1.29 is 4.79 Å². The Bertz CT molecular complexity index is 415. The summed E-state index contributed by atoms with van der Waals surface area (Å²) in [5, 5.41) is 3.85. The molecule has 0 aliphatic heterocycles. The molecule has 1 amide bonds. The van der Waals surface area contributed by atoms with Gasteiger partial charge < -0.3 is 5.32 Å². The standard InChI is InChI=1S/C15H20ClNO/c1-10-9-14(11(10)2)17-15(18)8-5-12-3-6-13(16)7-4-12/h3-4,6-7,10-11,14H,5,8-9H2,1-2H3,(H,17,18). The van der Waals surface area contributed by atoms with Crippen LogP contribution in [0.2, 0.25) is 5.02 Å². The summed E-state index contributed by atoms with van der Waals surface area (Å²) in [6, 6.07) is 8.07. The maximum Gasteiger partial charge on any atom is 0.220 e. The molecule has 0 radical (unpaired) electrons. The highest BCUT2D eigenvalue weighted by molar-refractivity contribution is 6.30. The lowest BCUT2D eigenvalue weighted by atomic mass is 9.71. The van der Waals surface area contributed by atoms with Crippen molar-refractivity contribution in [2.45, 2.75) is 39.2 Å². The van der Waals surface area contributed by atoms with Crippen molar-refractivity contribution in [3.8, 4) is 0 Å². The van der Waals surface area contributed by atoms with E-state index in [0.717, 1.165) is 29.3 Å². The van der Waals surface area contributed by atoms with Crippen LogP contribution in [0.25, 0.3) is 0 Å². The predicted molar refractivity (Wildman–Crippen MR) is 74.6 cm³/mol. The average molecular weight is 266 g/mol. The summed E-state index contributed by atoms with van der Waals surface area (Å²) < 4.78 is 0. The van der Waals surface area contributed by atoms with Gasteiger partial charge in [0.1, 0.15) is 0 Å². The Morgan fingerprint density at radius 2 is 2.00 bits per heavy atom. The Hall–Kier alpha value is -1.02. The maximum absolute atomic E-state index is 11.8. The van der Waals surface area contributed by atoms with Gasteiger partial charge in [-0.3, -0.25) is 4.79 Å². The monoisotopic (exact) mass is 265 g/mol. The lowest BCUT2D eigenvalue weighted by Crippen LogP contribution is -2.50. The van der Waals surface area contributed by atoms with Gasteiger partial charge >= 0.3 is 0 Å². The maximum atomic E-state index is 11.8. The van der Waals surface area contributed by atoms with Gasteiger partial charge in [-0.1, -0.05) is 37.6 Å². The van der Waals surface area contributed by atoms with Gasteiger partial charge in [-0.05, 0) is 42.4 Å². The Balaban J connectivity index is 1.73. The van der Waals surface area contributed by atoms with Crippen LogP contribution in [0.15, 0.2) is 24.3 Å². The SMILES string of the molecule is CC1CC(NC(=O)CCc2ccc(Cl)cc2)C1C. The van der Waals surface area contributed by atoms with Crippen LogP contribution in [0, 0.1) is 11.8 Å². The summed E-state index contributed by atoms with van der Waals surface area (Å²) in [6.07, 6.45) is 2.45. The van der Waals surface area contributed by atoms with Crippen LogP contribution in [0.1, 0.15) is 32.3 Å². The van der Waals surface area contributed by atoms with E-state index in [2.05, 4.69) is 19.2 Å². The first kappa shape index (κ1) is 13.4. The summed E-state index contributed by atoms with van der Waals surface area (Å²) in [5.74, 6) is 1.52. The molecule has 0 bridgehead atoms. The first-order chi connectivity index (χ1) is 8.56. The van der Waals surface area contributed by atoms with E-state index in [1.54, 1.807) is 0 Å². The van der Waals surface area contributed by atoms with Gasteiger partial charge in [0, 0.05) is 17.5 Å². The second kappa shape index (κ2) is 5.75. The minimum absolute atomic E-state index is 0.161. The number of carbonyl (C=O) groups excluding carboxylic acids is 1. The fourth-order valence-electron chi connectivity index (χ4n) is 2.41. The zero-order valence-electron chi connectivity index (χ0n) is 10.9. The largest absolute Gasteiger partial charge is 0.353 e. The molecule has 3 unspecified atom stereocenters. The molecule has 0 heterocycles. The van der Waals surface area contributed by atoms with Gasteiger partial charge in [-0.15, -0.1) is 0 Å². The number of benzene rings is 1. The van der Waals surface area contributed by atoms with Gasteiger partial charge in [-0.2, -0.15) is 0 Å². The molecule has 1 aliphatic rings. The van der Waals surface area contributed by atoms with E-state index < -0.39 is 0 Å². The van der Waals surface area contributed by atoms with Crippen LogP contribution < -0.4 is 5.32 Å². The number of rotatable bonds is 4. The van der Waals surface area contributed by atoms with Crippen LogP contribution in [0.5, 0.6) is 0 Å². The van der Waals surface area contributed by atoms with E-state index >= 15 is 0 Å². The molecule has 98 valence electrons. The molecule has 1 N–H and O–H groups in total. The fourth-order valence-corrected chi connectivity index (χ4v) is 2.53. The van der Waals surface area contributed by atoms with E-state index in [9.17, 15) is 4.79 Å². The summed E-state index contributed by atoms with van der Waals surface area (Å²) in [4.78, 5) is 11.8. The summed E-state index contributed by atoms with van der Waals surface area (Å²) >= 11 is 5.82. The van der Waals surface area contributed by atoms with Crippen molar-refractivity contribution in [1.29, 1.82) is 0 Å². The highest BCUT2D eigenvalue weighted by Gasteiger charge is 2.34. The van der Waals surface area contributed by atoms with Crippen LogP contribution in [-0.4, -0.2) is 11.9 Å². The molecule has 0 aromatic heterocycles. The Morgan fingerprint density at radius 3 is 2.56 bits per heavy atom. The highest BCUT2D eigenvalue weighted by Crippen LogP contribution is 2.33. The van der Waals surface area contributed by atoms with Crippen molar-refractivity contribution in [1.82, 2.24) is 5.32 Å². The molecule has 1 aliphatic carbocycles. The molecule has 0 saturated heterocycles. The normalized spacial score (nSPS) is 26.5. The fraction of sp³-hybridized carbons (Fsp3) is 0.533. The Kier molecular flexibility index (Phi) is 4.28. The third-order valence-electron chi connectivity index (χ3n) is 4.06. The minimum atomic E-state index is 0.161. The van der Waals surface area contributed by atoms with E-state index in [1.165, 1.54) is 0 Å². The lowest BCUT2D eigenvalue weighted by Gasteiger charge is -2.41. The quantitative estimate of drug-likeness (QED) is 0.888. The molecule has 3 atom stereocenters. The van der Waals surface area contributed by atoms with E-state index in [4.69, 9.17) is 11.6 Å². The van der Waals surface area contributed by atoms with Crippen LogP contribution in [-0.2, 0) is 11.2 Å². The molecule has 1 aromatic carbocycles. The van der Waals surface area contributed by atoms with Gasteiger partial charge in [0.15, 0.2) is 0 Å². The first-order valence-electron chi connectivity index (χ1n) is 6.60. The molecule has 1 saturated carbocycles. The van der Waals surface area contributed by atoms with Gasteiger partial charge in [0.2, 0.25) is 5.91 Å². The summed E-state index contributed by atoms with van der Waals surface area (Å²) in [6.45, 7) is 4.44. The summed E-state index contributed by atoms with van der Waals surface area (Å²) in [7, 11) is 0. The molecule has 3 heteroatoms. The number of nitrogens with one attached hydrogen (secondary N) is 1. The Morgan fingerprint density at radius 1 is 1.33 bits per heavy atom. The number of hydrogen-bond donors (Lipinski definition) is 1. The zero-order chi connectivity index (χ0) is 13.1. The molecule has 0 spiro atoms. The Labute approximate surface area is 114 Å². The second-order valence-electron chi connectivity index (χ2n) is 5.37. The van der Waals surface area contributed by atoms with Gasteiger partial charge in [-0.25, -0.2) is 0 Å². The van der Waals surface area contributed by atoms with E-state index in [0.29, 0.717) is 18.4 Å². The van der Waals surface area contributed by atoms with Gasteiger partial charge in [0.25, 0.3) is 0 Å². The smallest absolute Gasteiger partial charge is 0.220 e. The van der Waals surface area contributed by atoms with Crippen LogP contribution >= 0.6 is 11.6 Å². The highest BCUT2D eigenvalue weighted by atomic mass is 35.5. The van der Waals surface area contributed by atoms with Crippen molar-refractivity contribution in [2.75, 3.05) is 0 Å².